The van der Waals surface area contributed by atoms with Crippen LogP contribution in [0.25, 0.3) is 0 Å². The first-order valence-corrected chi connectivity index (χ1v) is 7.93. The van der Waals surface area contributed by atoms with Crippen molar-refractivity contribution >= 4 is 17.5 Å². The second kappa shape index (κ2) is 5.76. The zero-order chi connectivity index (χ0) is 14.9. The predicted molar refractivity (Wildman–Crippen MR) is 81.1 cm³/mol. The van der Waals surface area contributed by atoms with Gasteiger partial charge in [0.25, 0.3) is 5.91 Å². The van der Waals surface area contributed by atoms with Crippen molar-refractivity contribution in [3.8, 4) is 11.5 Å². The quantitative estimate of drug-likeness (QED) is 0.871. The van der Waals surface area contributed by atoms with Crippen LogP contribution in [0.2, 0.25) is 0 Å². The van der Waals surface area contributed by atoms with E-state index in [0.29, 0.717) is 28.9 Å². The van der Waals surface area contributed by atoms with Gasteiger partial charge in [0, 0.05) is 11.4 Å². The first-order valence-electron chi connectivity index (χ1n) is 7.40. The van der Waals surface area contributed by atoms with Gasteiger partial charge in [-0.1, -0.05) is 19.8 Å². The van der Waals surface area contributed by atoms with Gasteiger partial charge in [-0.05, 0) is 37.0 Å². The summed E-state index contributed by atoms with van der Waals surface area (Å²) in [4.78, 5) is 12.5. The lowest BCUT2D eigenvalue weighted by Crippen LogP contribution is -2.52. The molecule has 2 aliphatic rings. The molecule has 1 heterocycles. The van der Waals surface area contributed by atoms with Crippen LogP contribution in [0.3, 0.4) is 0 Å². The minimum atomic E-state index is -0.285. The summed E-state index contributed by atoms with van der Waals surface area (Å²) in [5, 5.41) is 3.15. The minimum Gasteiger partial charge on any atom is -0.454 e. The van der Waals surface area contributed by atoms with Crippen LogP contribution >= 0.6 is 11.6 Å². The normalized spacial score (nSPS) is 27.4. The summed E-state index contributed by atoms with van der Waals surface area (Å²) in [5.41, 5.74) is 0.300. The van der Waals surface area contributed by atoms with Crippen molar-refractivity contribution in [2.24, 2.45) is 5.92 Å². The van der Waals surface area contributed by atoms with E-state index in [2.05, 4.69) is 12.2 Å². The Hall–Kier alpha value is -1.42. The topological polar surface area (TPSA) is 47.6 Å². The fourth-order valence-corrected chi connectivity index (χ4v) is 3.59. The number of hydrogen-bond acceptors (Lipinski definition) is 3. The Morgan fingerprint density at radius 2 is 2.24 bits per heavy atom. The van der Waals surface area contributed by atoms with Gasteiger partial charge in [-0.15, -0.1) is 11.6 Å². The minimum absolute atomic E-state index is 0.0944. The molecule has 1 aromatic carbocycles. The second-order valence-corrected chi connectivity index (χ2v) is 6.40. The van der Waals surface area contributed by atoms with E-state index in [1.807, 2.05) is 0 Å². The first kappa shape index (κ1) is 14.5. The van der Waals surface area contributed by atoms with Gasteiger partial charge < -0.3 is 14.8 Å². The molecule has 0 saturated heterocycles. The number of hydrogen-bond donors (Lipinski definition) is 1. The molecule has 2 atom stereocenters. The van der Waals surface area contributed by atoms with Crippen molar-refractivity contribution < 1.29 is 14.3 Å². The molecular weight excluding hydrogens is 290 g/mol. The van der Waals surface area contributed by atoms with Crippen molar-refractivity contribution in [2.75, 3.05) is 12.7 Å². The van der Waals surface area contributed by atoms with Crippen LogP contribution in [0.1, 0.15) is 43.0 Å². The Morgan fingerprint density at radius 3 is 3.00 bits per heavy atom. The number of ether oxygens (including phenoxy) is 2. The smallest absolute Gasteiger partial charge is 0.251 e. The van der Waals surface area contributed by atoms with E-state index in [-0.39, 0.29) is 18.2 Å². The average Bonchev–Trinajstić information content (AvgIpc) is 2.94. The summed E-state index contributed by atoms with van der Waals surface area (Å²) in [6.07, 6.45) is 4.19. The van der Waals surface area contributed by atoms with E-state index >= 15 is 0 Å². The van der Waals surface area contributed by atoms with Gasteiger partial charge >= 0.3 is 0 Å². The summed E-state index contributed by atoms with van der Waals surface area (Å²) in [5.74, 6) is 2.26. The zero-order valence-electron chi connectivity index (χ0n) is 12.2. The largest absolute Gasteiger partial charge is 0.454 e. The molecule has 1 aromatic rings. The molecule has 1 aliphatic heterocycles. The standard InChI is InChI=1S/C16H20ClNO3/c1-11-3-2-6-16(8-11,9-17)18-15(19)12-4-5-13-14(7-12)21-10-20-13/h4-5,7,11H,2-3,6,8-10H2,1H3,(H,18,19). The monoisotopic (exact) mass is 309 g/mol. The molecule has 0 bridgehead atoms. The lowest BCUT2D eigenvalue weighted by atomic mass is 9.77. The van der Waals surface area contributed by atoms with Crippen molar-refractivity contribution in [1.29, 1.82) is 0 Å². The molecule has 1 saturated carbocycles. The second-order valence-electron chi connectivity index (χ2n) is 6.14. The first-order chi connectivity index (χ1) is 10.1. The third-order valence-corrected chi connectivity index (χ3v) is 4.87. The molecule has 0 radical (unpaired) electrons. The molecule has 114 valence electrons. The molecule has 1 aliphatic carbocycles. The van der Waals surface area contributed by atoms with Crippen LogP contribution < -0.4 is 14.8 Å². The van der Waals surface area contributed by atoms with Gasteiger partial charge in [0.15, 0.2) is 11.5 Å². The zero-order valence-corrected chi connectivity index (χ0v) is 12.9. The van der Waals surface area contributed by atoms with Gasteiger partial charge in [-0.3, -0.25) is 4.79 Å². The van der Waals surface area contributed by atoms with Gasteiger partial charge in [0.05, 0.1) is 5.54 Å². The lowest BCUT2D eigenvalue weighted by Gasteiger charge is -2.39. The van der Waals surface area contributed by atoms with Gasteiger partial charge in [-0.2, -0.15) is 0 Å². The number of halogens is 1. The fraction of sp³-hybridized carbons (Fsp3) is 0.562. The maximum absolute atomic E-state index is 12.5. The number of nitrogens with one attached hydrogen (secondary N) is 1. The maximum atomic E-state index is 12.5. The van der Waals surface area contributed by atoms with E-state index in [4.69, 9.17) is 21.1 Å². The highest BCUT2D eigenvalue weighted by Crippen LogP contribution is 2.35. The van der Waals surface area contributed by atoms with Crippen LogP contribution in [0, 0.1) is 5.92 Å². The summed E-state index contributed by atoms with van der Waals surface area (Å²) in [7, 11) is 0. The number of alkyl halides is 1. The molecule has 2 unspecified atom stereocenters. The van der Waals surface area contributed by atoms with Gasteiger partial charge in [0.2, 0.25) is 6.79 Å². The number of fused-ring (bicyclic) bond motifs is 1. The van der Waals surface area contributed by atoms with Crippen LogP contribution in [-0.2, 0) is 0 Å². The third-order valence-electron chi connectivity index (χ3n) is 4.36. The van der Waals surface area contributed by atoms with Gasteiger partial charge in [-0.25, -0.2) is 0 Å². The fourth-order valence-electron chi connectivity index (χ4n) is 3.28. The summed E-state index contributed by atoms with van der Waals surface area (Å²) >= 11 is 6.17. The van der Waals surface area contributed by atoms with E-state index < -0.39 is 0 Å². The van der Waals surface area contributed by atoms with Crippen molar-refractivity contribution in [1.82, 2.24) is 5.32 Å². The molecular formula is C16H20ClNO3. The molecule has 21 heavy (non-hydrogen) atoms. The van der Waals surface area contributed by atoms with E-state index in [1.54, 1.807) is 18.2 Å². The molecule has 1 amide bonds. The lowest BCUT2D eigenvalue weighted by molar-refractivity contribution is 0.0867. The molecule has 0 aromatic heterocycles. The molecule has 1 fully saturated rings. The summed E-state index contributed by atoms with van der Waals surface area (Å²) in [6.45, 7) is 2.43. The van der Waals surface area contributed by atoms with E-state index in [1.165, 1.54) is 6.42 Å². The van der Waals surface area contributed by atoms with Crippen LogP contribution in [-0.4, -0.2) is 24.1 Å². The van der Waals surface area contributed by atoms with Crippen molar-refractivity contribution in [2.45, 2.75) is 38.1 Å². The number of carbonyl (C=O) groups is 1. The van der Waals surface area contributed by atoms with E-state index in [9.17, 15) is 4.79 Å². The Morgan fingerprint density at radius 1 is 1.43 bits per heavy atom. The van der Waals surface area contributed by atoms with Crippen LogP contribution in [0.4, 0.5) is 0 Å². The molecule has 5 heteroatoms. The highest BCUT2D eigenvalue weighted by atomic mass is 35.5. The Balaban J connectivity index is 1.75. The van der Waals surface area contributed by atoms with Gasteiger partial charge in [0.1, 0.15) is 0 Å². The number of amides is 1. The Bertz CT molecular complexity index is 548. The maximum Gasteiger partial charge on any atom is 0.251 e. The highest BCUT2D eigenvalue weighted by molar-refractivity contribution is 6.19. The van der Waals surface area contributed by atoms with Crippen molar-refractivity contribution in [3.63, 3.8) is 0 Å². The number of rotatable bonds is 3. The van der Waals surface area contributed by atoms with E-state index in [0.717, 1.165) is 19.3 Å². The number of carbonyl (C=O) groups excluding carboxylic acids is 1. The Kier molecular flexibility index (Phi) is 3.98. The third kappa shape index (κ3) is 2.95. The van der Waals surface area contributed by atoms with Crippen LogP contribution in [0.15, 0.2) is 18.2 Å². The Labute approximate surface area is 129 Å². The highest BCUT2D eigenvalue weighted by Gasteiger charge is 2.36. The summed E-state index contributed by atoms with van der Waals surface area (Å²) < 4.78 is 10.6. The predicted octanol–water partition coefficient (Wildman–Crippen LogP) is 3.33. The van der Waals surface area contributed by atoms with Crippen LogP contribution in [0.5, 0.6) is 11.5 Å². The van der Waals surface area contributed by atoms with Crippen molar-refractivity contribution in [3.05, 3.63) is 23.8 Å². The molecule has 3 rings (SSSR count). The molecule has 4 nitrogen and oxygen atoms in total. The SMILES string of the molecule is CC1CCCC(CCl)(NC(=O)c2ccc3c(c2)OCO3)C1. The molecule has 1 N–H and O–H groups in total. The summed E-state index contributed by atoms with van der Waals surface area (Å²) in [6, 6.07) is 5.26. The average molecular weight is 310 g/mol. The number of benzene rings is 1. The molecule has 0 spiro atoms.